The monoisotopic (exact) mass is 725 g/mol. The molecule has 4 amide bonds. The maximum Gasteiger partial charge on any atom is 0.412 e. The Bertz CT molecular complexity index is 1790. The van der Waals surface area contributed by atoms with Gasteiger partial charge in [0.2, 0.25) is 0 Å². The van der Waals surface area contributed by atoms with Gasteiger partial charge in [0.25, 0.3) is 5.91 Å². The van der Waals surface area contributed by atoms with Crippen LogP contribution in [0.5, 0.6) is 0 Å². The highest BCUT2D eigenvalue weighted by Gasteiger charge is 2.47. The minimum absolute atomic E-state index is 0.166. The van der Waals surface area contributed by atoms with E-state index in [-0.39, 0.29) is 30.2 Å². The van der Waals surface area contributed by atoms with Crippen molar-refractivity contribution in [2.24, 2.45) is 5.92 Å². The molecule has 0 bridgehead atoms. The van der Waals surface area contributed by atoms with Gasteiger partial charge in [-0.15, -0.1) is 0 Å². The van der Waals surface area contributed by atoms with Crippen LogP contribution in [0.2, 0.25) is 0 Å². The Hall–Kier alpha value is -5.26. The van der Waals surface area contributed by atoms with Crippen molar-refractivity contribution in [2.45, 2.75) is 96.6 Å². The second kappa shape index (κ2) is 15.4. The molecule has 3 aliphatic rings. The SMILES string of the molecule is CC(C)(C)OC(=O)Nc1ccccc1NC(=O)c1ccc(CN2CC(CNc3ccc(C4C[C@@H]4N(CC4CC4)C(=O)OC(C)(C)C)cc3)OC2=O)cc1. The first-order valence-corrected chi connectivity index (χ1v) is 18.4. The molecule has 3 N–H and O–H groups in total. The fourth-order valence-corrected chi connectivity index (χ4v) is 6.31. The predicted octanol–water partition coefficient (Wildman–Crippen LogP) is 8.22. The molecule has 2 unspecified atom stereocenters. The Kier molecular flexibility index (Phi) is 10.9. The molecule has 0 radical (unpaired) electrons. The molecule has 1 aliphatic heterocycles. The molecule has 6 rings (SSSR count). The van der Waals surface area contributed by atoms with Crippen LogP contribution in [0.1, 0.15) is 88.2 Å². The van der Waals surface area contributed by atoms with Crippen LogP contribution in [-0.2, 0) is 20.8 Å². The minimum atomic E-state index is -0.660. The number of carbonyl (C=O) groups is 4. The van der Waals surface area contributed by atoms with E-state index in [1.54, 1.807) is 62.1 Å². The lowest BCUT2D eigenvalue weighted by atomic mass is 10.1. The van der Waals surface area contributed by atoms with Crippen LogP contribution in [0, 0.1) is 5.92 Å². The fraction of sp³-hybridized carbons (Fsp3) is 0.463. The van der Waals surface area contributed by atoms with Crippen molar-refractivity contribution in [2.75, 3.05) is 35.6 Å². The minimum Gasteiger partial charge on any atom is -0.444 e. The van der Waals surface area contributed by atoms with Gasteiger partial charge in [0.05, 0.1) is 24.5 Å². The Morgan fingerprint density at radius 3 is 2.11 bits per heavy atom. The third-order valence-corrected chi connectivity index (χ3v) is 9.16. The summed E-state index contributed by atoms with van der Waals surface area (Å²) in [5, 5.41) is 8.92. The van der Waals surface area contributed by atoms with E-state index in [0.29, 0.717) is 48.4 Å². The summed E-state index contributed by atoms with van der Waals surface area (Å²) in [5.41, 5.74) is 3.08. The lowest BCUT2D eigenvalue weighted by Crippen LogP contribution is -2.40. The molecule has 3 aromatic rings. The van der Waals surface area contributed by atoms with Crippen molar-refractivity contribution in [3.63, 3.8) is 0 Å². The Labute approximate surface area is 311 Å². The summed E-state index contributed by atoms with van der Waals surface area (Å²) in [7, 11) is 0. The third-order valence-electron chi connectivity index (χ3n) is 9.16. The number of rotatable bonds is 12. The highest BCUT2D eigenvalue weighted by molar-refractivity contribution is 6.06. The molecule has 1 saturated heterocycles. The van der Waals surface area contributed by atoms with Crippen molar-refractivity contribution in [3.8, 4) is 0 Å². The van der Waals surface area contributed by atoms with E-state index in [9.17, 15) is 19.2 Å². The molecule has 3 fully saturated rings. The number of amides is 4. The Balaban J connectivity index is 0.958. The molecule has 53 heavy (non-hydrogen) atoms. The molecule has 2 saturated carbocycles. The number of cyclic esters (lactones) is 1. The highest BCUT2D eigenvalue weighted by Crippen LogP contribution is 2.47. The summed E-state index contributed by atoms with van der Waals surface area (Å²) in [6.07, 6.45) is 1.75. The zero-order valence-corrected chi connectivity index (χ0v) is 31.4. The number of ether oxygens (including phenoxy) is 3. The molecule has 1 heterocycles. The summed E-state index contributed by atoms with van der Waals surface area (Å²) in [4.78, 5) is 54.6. The maximum absolute atomic E-state index is 13.1. The fourth-order valence-electron chi connectivity index (χ4n) is 6.31. The normalized spacial score (nSPS) is 19.5. The lowest BCUT2D eigenvalue weighted by Gasteiger charge is -2.28. The van der Waals surface area contributed by atoms with Gasteiger partial charge in [-0.2, -0.15) is 0 Å². The topological polar surface area (TPSA) is 139 Å². The summed E-state index contributed by atoms with van der Waals surface area (Å²) in [6.45, 7) is 13.0. The van der Waals surface area contributed by atoms with Gasteiger partial charge in [0.1, 0.15) is 17.3 Å². The Morgan fingerprint density at radius 2 is 1.49 bits per heavy atom. The van der Waals surface area contributed by atoms with E-state index in [0.717, 1.165) is 24.2 Å². The van der Waals surface area contributed by atoms with Gasteiger partial charge < -0.3 is 34.6 Å². The highest BCUT2D eigenvalue weighted by atomic mass is 16.6. The first-order valence-electron chi connectivity index (χ1n) is 18.4. The van der Waals surface area contributed by atoms with E-state index >= 15 is 0 Å². The van der Waals surface area contributed by atoms with Crippen molar-refractivity contribution < 1.29 is 33.4 Å². The van der Waals surface area contributed by atoms with E-state index < -0.39 is 17.3 Å². The van der Waals surface area contributed by atoms with Gasteiger partial charge in [-0.1, -0.05) is 36.4 Å². The van der Waals surface area contributed by atoms with Crippen molar-refractivity contribution in [1.29, 1.82) is 0 Å². The second-order valence-electron chi connectivity index (χ2n) is 16.2. The third kappa shape index (κ3) is 10.6. The lowest BCUT2D eigenvalue weighted by molar-refractivity contribution is 0.0220. The molecule has 2 aliphatic carbocycles. The zero-order chi connectivity index (χ0) is 37.9. The molecular weight excluding hydrogens is 674 g/mol. The number of carbonyl (C=O) groups excluding carboxylic acids is 4. The van der Waals surface area contributed by atoms with Gasteiger partial charge in [-0.25, -0.2) is 14.4 Å². The van der Waals surface area contributed by atoms with E-state index in [4.69, 9.17) is 14.2 Å². The average Bonchev–Trinajstić information content (AvgIpc) is 4.01. The van der Waals surface area contributed by atoms with Crippen LogP contribution in [0.4, 0.5) is 31.4 Å². The zero-order valence-electron chi connectivity index (χ0n) is 31.4. The van der Waals surface area contributed by atoms with Crippen molar-refractivity contribution >= 4 is 41.2 Å². The maximum atomic E-state index is 13.1. The largest absolute Gasteiger partial charge is 0.444 e. The van der Waals surface area contributed by atoms with Crippen LogP contribution >= 0.6 is 0 Å². The second-order valence-corrected chi connectivity index (χ2v) is 16.2. The molecular formula is C41H51N5O7. The van der Waals surface area contributed by atoms with Gasteiger partial charge in [-0.3, -0.25) is 10.1 Å². The molecule has 282 valence electrons. The van der Waals surface area contributed by atoms with Crippen LogP contribution in [-0.4, -0.2) is 77.0 Å². The molecule has 0 spiro atoms. The van der Waals surface area contributed by atoms with Crippen LogP contribution in [0.15, 0.2) is 72.8 Å². The number of benzene rings is 3. The molecule has 12 heteroatoms. The molecule has 12 nitrogen and oxygen atoms in total. The standard InChI is InChI=1S/C41H51N5O7/c1-40(2,3)52-37(48)44-34-10-8-7-9-33(34)43-36(47)29-15-13-26(14-16-29)23-45-25-31(51-38(45)49)22-42-30-19-17-28(18-20-30)32-21-35(32)46(24-27-11-12-27)39(50)53-41(4,5)6/h7-10,13-20,27,31-32,35,42H,11-12,21-25H2,1-6H3,(H,43,47)(H,44,48)/t31?,32?,35-/m0/s1. The Morgan fingerprint density at radius 1 is 0.849 bits per heavy atom. The summed E-state index contributed by atoms with van der Waals surface area (Å²) in [6, 6.07) is 22.3. The van der Waals surface area contributed by atoms with E-state index in [2.05, 4.69) is 28.1 Å². The first-order chi connectivity index (χ1) is 25.1. The molecule has 3 atom stereocenters. The van der Waals surface area contributed by atoms with Gasteiger partial charge in [0, 0.05) is 36.3 Å². The number of hydrogen-bond donors (Lipinski definition) is 3. The van der Waals surface area contributed by atoms with Gasteiger partial charge in [0.15, 0.2) is 0 Å². The van der Waals surface area contributed by atoms with Crippen molar-refractivity contribution in [1.82, 2.24) is 9.80 Å². The van der Waals surface area contributed by atoms with Gasteiger partial charge >= 0.3 is 18.3 Å². The number of anilines is 3. The molecule has 0 aromatic heterocycles. The average molecular weight is 726 g/mol. The van der Waals surface area contributed by atoms with Gasteiger partial charge in [-0.05, 0) is 114 Å². The van der Waals surface area contributed by atoms with E-state index in [1.807, 2.05) is 49.9 Å². The van der Waals surface area contributed by atoms with Crippen LogP contribution < -0.4 is 16.0 Å². The number of nitrogens with zero attached hydrogens (tertiary/aromatic N) is 2. The first kappa shape index (κ1) is 37.5. The molecule has 3 aromatic carbocycles. The summed E-state index contributed by atoms with van der Waals surface area (Å²) >= 11 is 0. The van der Waals surface area contributed by atoms with Crippen molar-refractivity contribution in [3.05, 3.63) is 89.5 Å². The number of para-hydroxylation sites is 2. The van der Waals surface area contributed by atoms with Crippen LogP contribution in [0.3, 0.4) is 0 Å². The number of nitrogens with one attached hydrogen (secondary N) is 3. The van der Waals surface area contributed by atoms with E-state index in [1.165, 1.54) is 18.4 Å². The smallest absolute Gasteiger partial charge is 0.412 e. The summed E-state index contributed by atoms with van der Waals surface area (Å²) < 4.78 is 16.7. The summed E-state index contributed by atoms with van der Waals surface area (Å²) in [5.74, 6) is 0.540. The quantitative estimate of drug-likeness (QED) is 0.159. The van der Waals surface area contributed by atoms with Crippen LogP contribution in [0.25, 0.3) is 0 Å². The number of hydrogen-bond acceptors (Lipinski definition) is 8. The predicted molar refractivity (Wildman–Crippen MR) is 203 cm³/mol.